The number of carbonyl (C=O) groups excluding carboxylic acids is 1. The molecule has 196 valence electrons. The van der Waals surface area contributed by atoms with Gasteiger partial charge >= 0.3 is 0 Å². The Morgan fingerprint density at radius 2 is 1.76 bits per heavy atom. The molecule has 0 atom stereocenters. The number of anilines is 2. The first-order valence-electron chi connectivity index (χ1n) is 13.5. The van der Waals surface area contributed by atoms with Crippen LogP contribution >= 0.6 is 0 Å². The van der Waals surface area contributed by atoms with Crippen LogP contribution in [0.5, 0.6) is 0 Å². The second-order valence-corrected chi connectivity index (χ2v) is 10.4. The lowest BCUT2D eigenvalue weighted by Crippen LogP contribution is -2.44. The van der Waals surface area contributed by atoms with Crippen LogP contribution in [0.15, 0.2) is 55.0 Å². The van der Waals surface area contributed by atoms with Crippen molar-refractivity contribution < 1.29 is 4.79 Å². The van der Waals surface area contributed by atoms with Crippen LogP contribution in [-0.2, 0) is 6.54 Å². The van der Waals surface area contributed by atoms with Gasteiger partial charge in [-0.15, -0.1) is 0 Å². The van der Waals surface area contributed by atoms with Crippen molar-refractivity contribution in [2.24, 2.45) is 0 Å². The van der Waals surface area contributed by atoms with Gasteiger partial charge in [-0.3, -0.25) is 19.8 Å². The Kier molecular flexibility index (Phi) is 7.02. The van der Waals surface area contributed by atoms with E-state index in [-0.39, 0.29) is 5.91 Å². The number of nitrogens with one attached hydrogen (secondary N) is 2. The molecule has 2 fully saturated rings. The number of H-pyrrole nitrogens is 1. The summed E-state index contributed by atoms with van der Waals surface area (Å²) in [6.45, 7) is 7.17. The van der Waals surface area contributed by atoms with Crippen molar-refractivity contribution >= 4 is 28.3 Å². The lowest BCUT2D eigenvalue weighted by Gasteiger charge is -2.33. The fraction of sp³-hybridized carbons (Fsp3) is 0.379. The summed E-state index contributed by atoms with van der Waals surface area (Å²) in [5, 5.41) is 11.1. The third-order valence-electron chi connectivity index (χ3n) is 7.59. The van der Waals surface area contributed by atoms with Crippen LogP contribution in [-0.4, -0.2) is 82.2 Å². The number of aromatic nitrogens is 4. The van der Waals surface area contributed by atoms with Crippen LogP contribution in [0.25, 0.3) is 22.0 Å². The molecule has 38 heavy (non-hydrogen) atoms. The van der Waals surface area contributed by atoms with E-state index in [9.17, 15) is 4.79 Å². The summed E-state index contributed by atoms with van der Waals surface area (Å²) in [5.74, 6) is 0.668. The number of hydrogen-bond donors (Lipinski definition) is 2. The molecule has 0 radical (unpaired) electrons. The van der Waals surface area contributed by atoms with E-state index < -0.39 is 0 Å². The smallest absolute Gasteiger partial charge is 0.276 e. The number of aromatic amines is 1. The van der Waals surface area contributed by atoms with E-state index in [1.807, 2.05) is 42.7 Å². The number of nitrogens with zero attached hydrogens (tertiary/aromatic N) is 6. The Morgan fingerprint density at radius 3 is 2.55 bits per heavy atom. The average molecular weight is 511 g/mol. The highest BCUT2D eigenvalue weighted by atomic mass is 16.1. The second-order valence-electron chi connectivity index (χ2n) is 10.4. The molecule has 5 heterocycles. The van der Waals surface area contributed by atoms with Crippen LogP contribution < -0.4 is 10.2 Å². The highest BCUT2D eigenvalue weighted by Crippen LogP contribution is 2.27. The third kappa shape index (κ3) is 5.39. The lowest BCUT2D eigenvalue weighted by atomic mass is 10.0. The fourth-order valence-corrected chi connectivity index (χ4v) is 5.35. The zero-order chi connectivity index (χ0) is 25.9. The summed E-state index contributed by atoms with van der Waals surface area (Å²) < 4.78 is 0. The first-order chi connectivity index (χ1) is 18.6. The Bertz CT molecular complexity index is 1400. The predicted molar refractivity (Wildman–Crippen MR) is 150 cm³/mol. The van der Waals surface area contributed by atoms with E-state index in [0.29, 0.717) is 11.4 Å². The molecule has 0 saturated carbocycles. The lowest BCUT2D eigenvalue weighted by molar-refractivity contribution is 0.102. The summed E-state index contributed by atoms with van der Waals surface area (Å²) in [6, 6.07) is 12.1. The van der Waals surface area contributed by atoms with Gasteiger partial charge in [0.1, 0.15) is 5.82 Å². The van der Waals surface area contributed by atoms with Gasteiger partial charge in [-0.2, -0.15) is 5.10 Å². The maximum absolute atomic E-state index is 13.2. The largest absolute Gasteiger partial charge is 0.354 e. The number of piperazine rings is 1. The molecule has 3 aromatic heterocycles. The molecule has 6 rings (SSSR count). The normalized spacial score (nSPS) is 17.1. The van der Waals surface area contributed by atoms with Gasteiger partial charge in [-0.25, -0.2) is 4.98 Å². The molecule has 4 aromatic rings. The molecule has 0 unspecified atom stereocenters. The van der Waals surface area contributed by atoms with Gasteiger partial charge in [-0.1, -0.05) is 12.5 Å². The number of likely N-dealkylation sites (N-methyl/N-ethyl adjacent to an activating group) is 1. The minimum Gasteiger partial charge on any atom is -0.354 e. The van der Waals surface area contributed by atoms with Crippen LogP contribution in [0.2, 0.25) is 0 Å². The van der Waals surface area contributed by atoms with Crippen LogP contribution in [0.1, 0.15) is 35.3 Å². The number of pyridine rings is 2. The molecule has 2 N–H and O–H groups in total. The van der Waals surface area contributed by atoms with Gasteiger partial charge in [0, 0.05) is 56.1 Å². The zero-order valence-electron chi connectivity index (χ0n) is 21.9. The molecule has 2 aliphatic rings. The third-order valence-corrected chi connectivity index (χ3v) is 7.59. The van der Waals surface area contributed by atoms with Crippen molar-refractivity contribution in [1.29, 1.82) is 0 Å². The first-order valence-corrected chi connectivity index (χ1v) is 13.5. The second kappa shape index (κ2) is 10.9. The fourth-order valence-electron chi connectivity index (χ4n) is 5.35. The van der Waals surface area contributed by atoms with Gasteiger partial charge in [0.25, 0.3) is 5.91 Å². The molecule has 0 spiro atoms. The molecule has 2 saturated heterocycles. The minimum absolute atomic E-state index is 0.264. The number of likely N-dealkylation sites (tertiary alicyclic amines) is 1. The zero-order valence-corrected chi connectivity index (χ0v) is 21.9. The summed E-state index contributed by atoms with van der Waals surface area (Å²) in [7, 11) is 2.13. The van der Waals surface area contributed by atoms with Crippen molar-refractivity contribution in [2.45, 2.75) is 25.8 Å². The van der Waals surface area contributed by atoms with Gasteiger partial charge in [0.15, 0.2) is 5.69 Å². The molecule has 0 aliphatic carbocycles. The topological polar surface area (TPSA) is 93.3 Å². The summed E-state index contributed by atoms with van der Waals surface area (Å²) in [4.78, 5) is 29.4. The van der Waals surface area contributed by atoms with Gasteiger partial charge in [-0.05, 0) is 74.4 Å². The van der Waals surface area contributed by atoms with Gasteiger partial charge in [0.2, 0.25) is 0 Å². The van der Waals surface area contributed by atoms with E-state index in [2.05, 4.69) is 53.3 Å². The van der Waals surface area contributed by atoms with E-state index in [1.54, 1.807) is 6.20 Å². The SMILES string of the molecule is CN1CCN(c2ccc(NC(=O)c3n[nH]c4ccc(-c5cncc(CN6CCCCC6)c5)cc34)cn2)CC1. The van der Waals surface area contributed by atoms with Gasteiger partial charge in [0.05, 0.1) is 17.4 Å². The number of piperidine rings is 1. The van der Waals surface area contributed by atoms with E-state index in [1.165, 1.54) is 24.8 Å². The van der Waals surface area contributed by atoms with Crippen molar-refractivity contribution in [3.63, 3.8) is 0 Å². The maximum atomic E-state index is 13.2. The quantitative estimate of drug-likeness (QED) is 0.405. The number of benzene rings is 1. The molecule has 1 amide bonds. The Labute approximate surface area is 222 Å². The monoisotopic (exact) mass is 510 g/mol. The summed E-state index contributed by atoms with van der Waals surface area (Å²) in [6.07, 6.45) is 9.42. The maximum Gasteiger partial charge on any atom is 0.276 e. The average Bonchev–Trinajstić information content (AvgIpc) is 3.38. The highest BCUT2D eigenvalue weighted by molar-refractivity contribution is 6.11. The summed E-state index contributed by atoms with van der Waals surface area (Å²) >= 11 is 0. The Morgan fingerprint density at radius 1 is 0.921 bits per heavy atom. The van der Waals surface area contributed by atoms with Crippen molar-refractivity contribution in [3.8, 4) is 11.1 Å². The molecular formula is C29H34N8O. The van der Waals surface area contributed by atoms with Gasteiger partial charge < -0.3 is 15.1 Å². The molecular weight excluding hydrogens is 476 g/mol. The van der Waals surface area contributed by atoms with Crippen molar-refractivity contribution in [3.05, 3.63) is 66.2 Å². The first kappa shape index (κ1) is 24.5. The van der Waals surface area contributed by atoms with Crippen molar-refractivity contribution in [2.75, 3.05) is 56.5 Å². The minimum atomic E-state index is -0.264. The Hall–Kier alpha value is -3.82. The van der Waals surface area contributed by atoms with Crippen LogP contribution in [0.4, 0.5) is 11.5 Å². The molecule has 1 aromatic carbocycles. The summed E-state index contributed by atoms with van der Waals surface area (Å²) in [5.41, 5.74) is 5.09. The predicted octanol–water partition coefficient (Wildman–Crippen LogP) is 4.01. The van der Waals surface area contributed by atoms with Crippen LogP contribution in [0, 0.1) is 0 Å². The highest BCUT2D eigenvalue weighted by Gasteiger charge is 2.18. The molecule has 0 bridgehead atoms. The number of carbonyl (C=O) groups is 1. The Balaban J connectivity index is 1.17. The molecule has 2 aliphatic heterocycles. The standard InChI is InChI=1S/C29H34N8O/c1-35-11-13-37(14-12-35)27-8-6-24(19-31-27)32-29(38)28-25-16-22(5-7-26(25)33-34-28)23-15-21(17-30-18-23)20-36-9-3-2-4-10-36/h5-8,15-19H,2-4,9-14,20H2,1H3,(H,32,38)(H,33,34). The van der Waals surface area contributed by atoms with E-state index in [4.69, 9.17) is 0 Å². The number of rotatable bonds is 6. The van der Waals surface area contributed by atoms with Crippen LogP contribution in [0.3, 0.4) is 0 Å². The molecule has 9 heteroatoms. The number of fused-ring (bicyclic) bond motifs is 1. The van der Waals surface area contributed by atoms with E-state index >= 15 is 0 Å². The molecule has 9 nitrogen and oxygen atoms in total. The number of amides is 1. The van der Waals surface area contributed by atoms with E-state index in [0.717, 1.165) is 73.7 Å². The number of hydrogen-bond acceptors (Lipinski definition) is 7. The van der Waals surface area contributed by atoms with Crippen molar-refractivity contribution in [1.82, 2.24) is 30.0 Å².